The van der Waals surface area contributed by atoms with Crippen LogP contribution in [-0.2, 0) is 28.8 Å². The summed E-state index contributed by atoms with van der Waals surface area (Å²) in [6, 6.07) is 0. The van der Waals surface area contributed by atoms with Crippen molar-refractivity contribution in [2.24, 2.45) is 0 Å². The van der Waals surface area contributed by atoms with Gasteiger partial charge in [0, 0.05) is 0 Å². The smallest absolute Gasteiger partial charge is 1.00 e. The van der Waals surface area contributed by atoms with Gasteiger partial charge < -0.3 is 0 Å². The summed E-state index contributed by atoms with van der Waals surface area (Å²) < 4.78 is 225. The third-order valence-electron chi connectivity index (χ3n) is 0.292. The minimum atomic E-state index is -5.88. The van der Waals surface area contributed by atoms with E-state index in [0.29, 0.717) is 0 Å². The summed E-state index contributed by atoms with van der Waals surface area (Å²) in [7, 11) is -5.84. The Morgan fingerprint density at radius 3 is 0.588 bits per heavy atom. The average Bonchev–Trinajstić information content (AvgIpc) is 2.10. The molecule has 210 valence electrons. The zero-order chi connectivity index (χ0) is 29.5. The molecule has 0 aromatic rings. The molecule has 0 aromatic heterocycles. The Balaban J connectivity index is -0.0000000518. The van der Waals surface area contributed by atoms with Gasteiger partial charge in [-0.25, -0.2) is 0 Å². The number of alkyl halides is 3. The molecular weight excluding hydrogens is 866 g/mol. The van der Waals surface area contributed by atoms with E-state index in [1.54, 1.807) is 0 Å². The Morgan fingerprint density at radius 1 is 0.559 bits per heavy atom. The van der Waals surface area contributed by atoms with E-state index in [4.69, 9.17) is 72.6 Å². The van der Waals surface area contributed by atoms with Gasteiger partial charge in [-0.15, -0.1) is 0 Å². The standard InChI is InChI=1S/CHF3O3S.5AsFH2O3.Li/c2-1(3,4)8(5,6)7;5*2-1(3,4)5;/h(H,5,6,7);5*(H2,3,4,5);/q;;;;;;+1/p-1. The average molecular weight is 876 g/mol. The van der Waals surface area contributed by atoms with Gasteiger partial charge in [-0.3, -0.25) is 4.55 Å². The van der Waals surface area contributed by atoms with Crippen LogP contribution in [0.2, 0.25) is 0 Å². The minimum absolute atomic E-state index is 0. The number of hydrogen-bond donors (Lipinski definition) is 10. The molecule has 10 N–H and O–H groups in total. The summed E-state index contributed by atoms with van der Waals surface area (Å²) >= 11 is -28.4. The van der Waals surface area contributed by atoms with Crippen LogP contribution in [0.15, 0.2) is 0 Å². The van der Waals surface area contributed by atoms with E-state index in [1.165, 1.54) is 0 Å². The second-order valence-corrected chi connectivity index (χ2v) is 14.5. The molecule has 34 heavy (non-hydrogen) atoms. The van der Waals surface area contributed by atoms with Crippen molar-refractivity contribution >= 4 is 83.3 Å². The Labute approximate surface area is 209 Å². The summed E-state index contributed by atoms with van der Waals surface area (Å²) in [5.41, 5.74) is -5.53. The monoisotopic (exact) mass is 876 g/mol. The SMILES string of the molecule is O=S(=O)(O)C(F)(F)F.O=[As](O)(O)F.O=[As](O)(O)F.O=[As](O)(O)F.O=[As](O)(O)F.O=[As]([O-])(O)F.[Li+]. The van der Waals surface area contributed by atoms with Gasteiger partial charge in [-0.1, -0.05) is 0 Å². The molecule has 0 fully saturated rings. The van der Waals surface area contributed by atoms with Gasteiger partial charge in [-0.2, -0.15) is 21.6 Å². The van der Waals surface area contributed by atoms with Crippen LogP contribution in [0, 0.1) is 0 Å². The van der Waals surface area contributed by atoms with Gasteiger partial charge in [0.1, 0.15) is 0 Å². The number of halogens is 8. The van der Waals surface area contributed by atoms with E-state index in [9.17, 15) is 30.5 Å². The predicted octanol–water partition coefficient (Wildman–Crippen LogP) is -9.20. The normalized spacial score (nSPS) is 13.4. The van der Waals surface area contributed by atoms with Crippen molar-refractivity contribution in [3.63, 3.8) is 0 Å². The third-order valence-corrected chi connectivity index (χ3v) is 0.877. The zero-order valence-corrected chi connectivity index (χ0v) is 25.1. The van der Waals surface area contributed by atoms with Gasteiger partial charge in [0.05, 0.1) is 0 Å². The molecule has 0 spiro atoms. The quantitative estimate of drug-likeness (QED) is 0.0467. The summed E-state index contributed by atoms with van der Waals surface area (Å²) in [4.78, 5) is 0. The molecule has 0 bridgehead atoms. The first-order valence-corrected chi connectivity index (χ1v) is 22.2. The van der Waals surface area contributed by atoms with Crippen molar-refractivity contribution in [3.8, 4) is 0 Å². The summed E-state index contributed by atoms with van der Waals surface area (Å²) in [6.45, 7) is 0. The van der Waals surface area contributed by atoms with Gasteiger partial charge in [0.15, 0.2) is 0 Å². The zero-order valence-electron chi connectivity index (χ0n) is 14.9. The maximum atomic E-state index is 10.7. The summed E-state index contributed by atoms with van der Waals surface area (Å²) in [5, 5.41) is 0. The molecule has 18 nitrogen and oxygen atoms in total. The molecule has 0 aromatic carbocycles. The van der Waals surface area contributed by atoms with E-state index in [-0.39, 0.29) is 18.9 Å². The van der Waals surface area contributed by atoms with E-state index >= 15 is 0 Å². The molecule has 0 saturated carbocycles. The van der Waals surface area contributed by atoms with Crippen LogP contribution in [0.4, 0.5) is 30.5 Å². The van der Waals surface area contributed by atoms with Crippen molar-refractivity contribution in [1.82, 2.24) is 0 Å². The van der Waals surface area contributed by atoms with Gasteiger partial charge in [0.25, 0.3) is 0 Å². The molecule has 1 atom stereocenters. The van der Waals surface area contributed by atoms with Crippen molar-refractivity contribution in [3.05, 3.63) is 0 Å². The fraction of sp³-hybridized carbons (Fsp3) is 1.00. The molecular formula is CH10As5F8LiO18S. The van der Waals surface area contributed by atoms with Crippen LogP contribution in [0.1, 0.15) is 0 Å². The van der Waals surface area contributed by atoms with Crippen molar-refractivity contribution in [2.75, 3.05) is 0 Å². The number of hydrogen-bond acceptors (Lipinski definition) is 8. The van der Waals surface area contributed by atoms with Gasteiger partial charge in [-0.05, 0) is 0 Å². The van der Waals surface area contributed by atoms with Crippen molar-refractivity contribution in [2.45, 2.75) is 5.51 Å². The van der Waals surface area contributed by atoms with Crippen LogP contribution in [0.25, 0.3) is 0 Å². The Morgan fingerprint density at radius 2 is 0.588 bits per heavy atom. The maximum Gasteiger partial charge on any atom is 1.00 e. The molecule has 0 aliphatic carbocycles. The van der Waals surface area contributed by atoms with Crippen molar-refractivity contribution < 1.29 is 122 Å². The first-order valence-electron chi connectivity index (χ1n) is 5.03. The largest absolute Gasteiger partial charge is 1.00 e. The molecule has 0 amide bonds. The van der Waals surface area contributed by atoms with Crippen LogP contribution in [0.5, 0.6) is 0 Å². The first-order chi connectivity index (χ1) is 13.2. The third kappa shape index (κ3) is 326. The molecule has 0 rings (SSSR count). The molecule has 0 aliphatic rings. The molecule has 0 radical (unpaired) electrons. The Hall–Kier alpha value is 1.34. The topological polar surface area (TPSA) is 345 Å². The van der Waals surface area contributed by atoms with Crippen molar-refractivity contribution in [1.29, 1.82) is 0 Å². The van der Waals surface area contributed by atoms with Gasteiger partial charge >= 0.3 is 185 Å². The van der Waals surface area contributed by atoms with E-state index < -0.39 is 88.8 Å². The van der Waals surface area contributed by atoms with E-state index in [2.05, 4.69) is 0 Å². The Kier molecular flexibility index (Phi) is 31.0. The fourth-order valence-electron chi connectivity index (χ4n) is 0. The summed E-state index contributed by atoms with van der Waals surface area (Å²) in [5.74, 6) is 0. The minimum Gasteiger partial charge on any atom is 1.00 e. The second-order valence-electron chi connectivity index (χ2n) is 3.26. The first kappa shape index (κ1) is 51.9. The van der Waals surface area contributed by atoms with Crippen LogP contribution < -0.4 is 23.0 Å². The van der Waals surface area contributed by atoms with Crippen LogP contribution >= 0.6 is 0 Å². The fourth-order valence-corrected chi connectivity index (χ4v) is 0. The molecule has 33 heteroatoms. The Bertz CT molecular complexity index is 683. The summed E-state index contributed by atoms with van der Waals surface area (Å²) in [6.07, 6.45) is 0. The molecule has 0 heterocycles. The maximum absolute atomic E-state index is 10.7. The van der Waals surface area contributed by atoms with E-state index in [0.717, 1.165) is 0 Å². The molecule has 1 unspecified atom stereocenters. The van der Waals surface area contributed by atoms with Crippen LogP contribution in [-0.4, -0.2) is 129 Å². The van der Waals surface area contributed by atoms with Crippen LogP contribution in [0.3, 0.4) is 0 Å². The number of rotatable bonds is 0. The van der Waals surface area contributed by atoms with Gasteiger partial charge in [0.2, 0.25) is 0 Å². The second kappa shape index (κ2) is 20.3. The predicted molar refractivity (Wildman–Crippen MR) is 75.3 cm³/mol. The molecule has 0 saturated heterocycles. The molecule has 0 aliphatic heterocycles. The van der Waals surface area contributed by atoms with E-state index in [1.807, 2.05) is 0 Å².